The Morgan fingerprint density at radius 2 is 1.86 bits per heavy atom. The molecule has 2 aromatic carbocycles. The SMILES string of the molecule is CC(C)n1c(C2CCCN2C(=O)c2cccc(C(=O)O)c2)nc2ccccc21. The van der Waals surface area contributed by atoms with Gasteiger partial charge in [0.25, 0.3) is 5.91 Å². The third-order valence-electron chi connectivity index (χ3n) is 5.31. The topological polar surface area (TPSA) is 75.4 Å². The van der Waals surface area contributed by atoms with Crippen molar-refractivity contribution in [2.24, 2.45) is 0 Å². The van der Waals surface area contributed by atoms with Crippen LogP contribution < -0.4 is 0 Å². The van der Waals surface area contributed by atoms with Crippen molar-refractivity contribution in [3.63, 3.8) is 0 Å². The summed E-state index contributed by atoms with van der Waals surface area (Å²) < 4.78 is 2.21. The Balaban J connectivity index is 1.74. The van der Waals surface area contributed by atoms with Crippen molar-refractivity contribution in [3.05, 3.63) is 65.5 Å². The standard InChI is InChI=1S/C22H23N3O3/c1-14(2)25-18-10-4-3-9-17(18)23-20(25)19-11-6-12-24(19)21(26)15-7-5-8-16(13-15)22(27)28/h3-5,7-10,13-14,19H,6,11-12H2,1-2H3,(H,27,28). The van der Waals surface area contributed by atoms with E-state index in [0.717, 1.165) is 29.7 Å². The third-order valence-corrected chi connectivity index (χ3v) is 5.31. The summed E-state index contributed by atoms with van der Waals surface area (Å²) in [6, 6.07) is 14.4. The third kappa shape index (κ3) is 3.05. The van der Waals surface area contributed by atoms with Gasteiger partial charge in [-0.25, -0.2) is 9.78 Å². The Hall–Kier alpha value is -3.15. The average molecular weight is 377 g/mol. The van der Waals surface area contributed by atoms with Crippen LogP contribution >= 0.6 is 0 Å². The predicted molar refractivity (Wildman–Crippen MR) is 107 cm³/mol. The number of likely N-dealkylation sites (tertiary alicyclic amines) is 1. The van der Waals surface area contributed by atoms with Gasteiger partial charge in [0.05, 0.1) is 22.6 Å². The molecule has 1 atom stereocenters. The van der Waals surface area contributed by atoms with E-state index in [4.69, 9.17) is 4.98 Å². The van der Waals surface area contributed by atoms with Crippen molar-refractivity contribution in [1.29, 1.82) is 0 Å². The minimum absolute atomic E-state index is 0.115. The molecule has 1 fully saturated rings. The Morgan fingerprint density at radius 1 is 1.11 bits per heavy atom. The largest absolute Gasteiger partial charge is 0.478 e. The van der Waals surface area contributed by atoms with E-state index in [2.05, 4.69) is 24.5 Å². The molecule has 28 heavy (non-hydrogen) atoms. The number of hydrogen-bond acceptors (Lipinski definition) is 3. The summed E-state index contributed by atoms with van der Waals surface area (Å²) in [6.45, 7) is 4.88. The highest BCUT2D eigenvalue weighted by atomic mass is 16.4. The van der Waals surface area contributed by atoms with Gasteiger partial charge >= 0.3 is 5.97 Å². The van der Waals surface area contributed by atoms with Crippen molar-refractivity contribution in [2.75, 3.05) is 6.54 Å². The zero-order valence-corrected chi connectivity index (χ0v) is 16.0. The highest BCUT2D eigenvalue weighted by Gasteiger charge is 2.34. The molecule has 0 radical (unpaired) electrons. The van der Waals surface area contributed by atoms with Crippen LogP contribution in [0.4, 0.5) is 0 Å². The summed E-state index contributed by atoms with van der Waals surface area (Å²) in [7, 11) is 0. The van der Waals surface area contributed by atoms with Gasteiger partial charge in [-0.3, -0.25) is 4.79 Å². The van der Waals surface area contributed by atoms with Crippen molar-refractivity contribution in [2.45, 2.75) is 38.8 Å². The number of fused-ring (bicyclic) bond motifs is 1. The molecule has 0 spiro atoms. The summed E-state index contributed by atoms with van der Waals surface area (Å²) in [4.78, 5) is 31.2. The van der Waals surface area contributed by atoms with Crippen LogP contribution in [0.3, 0.4) is 0 Å². The number of carbonyl (C=O) groups excluding carboxylic acids is 1. The van der Waals surface area contributed by atoms with Gasteiger partial charge in [0.15, 0.2) is 0 Å². The molecule has 1 amide bonds. The lowest BCUT2D eigenvalue weighted by Gasteiger charge is -2.26. The zero-order chi connectivity index (χ0) is 19.8. The van der Waals surface area contributed by atoms with Gasteiger partial charge < -0.3 is 14.6 Å². The summed E-state index contributed by atoms with van der Waals surface area (Å²) in [5.74, 6) is -0.279. The monoisotopic (exact) mass is 377 g/mol. The number of para-hydroxylation sites is 2. The first kappa shape index (κ1) is 18.2. The number of rotatable bonds is 4. The lowest BCUT2D eigenvalue weighted by Crippen LogP contribution is -2.32. The van der Waals surface area contributed by atoms with Gasteiger partial charge in [-0.15, -0.1) is 0 Å². The number of aromatic nitrogens is 2. The Morgan fingerprint density at radius 3 is 2.61 bits per heavy atom. The van der Waals surface area contributed by atoms with Gasteiger partial charge in [-0.2, -0.15) is 0 Å². The van der Waals surface area contributed by atoms with Crippen LogP contribution in [0.1, 0.15) is 65.3 Å². The van der Waals surface area contributed by atoms with Crippen molar-refractivity contribution >= 4 is 22.9 Å². The minimum Gasteiger partial charge on any atom is -0.478 e. The first-order valence-corrected chi connectivity index (χ1v) is 9.58. The van der Waals surface area contributed by atoms with E-state index in [1.54, 1.807) is 12.1 Å². The Bertz CT molecular complexity index is 1050. The maximum Gasteiger partial charge on any atom is 0.335 e. The number of amides is 1. The Kier molecular flexibility index (Phi) is 4.63. The highest BCUT2D eigenvalue weighted by molar-refractivity contribution is 5.97. The second-order valence-electron chi connectivity index (χ2n) is 7.46. The Labute approximate surface area is 163 Å². The first-order chi connectivity index (χ1) is 13.5. The summed E-state index contributed by atoms with van der Waals surface area (Å²) in [5, 5.41) is 9.23. The molecule has 0 aliphatic carbocycles. The predicted octanol–water partition coefficient (Wildman–Crippen LogP) is 4.29. The number of nitrogens with zero attached hydrogens (tertiary/aromatic N) is 3. The molecule has 4 rings (SSSR count). The number of aromatic carboxylic acids is 1. The van der Waals surface area contributed by atoms with E-state index < -0.39 is 5.97 Å². The second-order valence-corrected chi connectivity index (χ2v) is 7.46. The fraction of sp³-hybridized carbons (Fsp3) is 0.318. The molecule has 0 bridgehead atoms. The van der Waals surface area contributed by atoms with Crippen LogP contribution in [0.25, 0.3) is 11.0 Å². The molecular formula is C22H23N3O3. The van der Waals surface area contributed by atoms with E-state index in [1.807, 2.05) is 23.1 Å². The number of carbonyl (C=O) groups is 2. The number of carboxylic acid groups (broad SMARTS) is 1. The van der Waals surface area contributed by atoms with E-state index >= 15 is 0 Å². The van der Waals surface area contributed by atoms with Crippen LogP contribution in [0.2, 0.25) is 0 Å². The fourth-order valence-corrected chi connectivity index (χ4v) is 4.07. The second kappa shape index (κ2) is 7.11. The molecule has 1 unspecified atom stereocenters. The number of benzene rings is 2. The molecule has 2 heterocycles. The highest BCUT2D eigenvalue weighted by Crippen LogP contribution is 2.36. The molecule has 1 saturated heterocycles. The van der Waals surface area contributed by atoms with Gasteiger partial charge in [-0.05, 0) is 57.0 Å². The van der Waals surface area contributed by atoms with Gasteiger partial charge in [0.2, 0.25) is 0 Å². The molecule has 6 heteroatoms. The van der Waals surface area contributed by atoms with Gasteiger partial charge in [0.1, 0.15) is 5.82 Å². The molecule has 0 saturated carbocycles. The van der Waals surface area contributed by atoms with Crippen LogP contribution in [0.15, 0.2) is 48.5 Å². The molecular weight excluding hydrogens is 354 g/mol. The summed E-state index contributed by atoms with van der Waals surface area (Å²) in [5.41, 5.74) is 2.52. The van der Waals surface area contributed by atoms with E-state index in [0.29, 0.717) is 12.1 Å². The number of hydrogen-bond donors (Lipinski definition) is 1. The van der Waals surface area contributed by atoms with Crippen molar-refractivity contribution in [3.8, 4) is 0 Å². The molecule has 144 valence electrons. The summed E-state index contributed by atoms with van der Waals surface area (Å²) in [6.07, 6.45) is 1.75. The summed E-state index contributed by atoms with van der Waals surface area (Å²) >= 11 is 0. The number of carboxylic acids is 1. The van der Waals surface area contributed by atoms with Gasteiger partial charge in [-0.1, -0.05) is 18.2 Å². The number of imidazole rings is 1. The zero-order valence-electron chi connectivity index (χ0n) is 16.0. The fourth-order valence-electron chi connectivity index (χ4n) is 4.07. The molecule has 1 aromatic heterocycles. The van der Waals surface area contributed by atoms with E-state index in [9.17, 15) is 14.7 Å². The van der Waals surface area contributed by atoms with Crippen LogP contribution in [-0.2, 0) is 0 Å². The van der Waals surface area contributed by atoms with Crippen LogP contribution in [0.5, 0.6) is 0 Å². The van der Waals surface area contributed by atoms with Crippen molar-refractivity contribution in [1.82, 2.24) is 14.5 Å². The minimum atomic E-state index is -1.03. The van der Waals surface area contributed by atoms with E-state index in [-0.39, 0.29) is 23.6 Å². The lowest BCUT2D eigenvalue weighted by atomic mass is 10.1. The van der Waals surface area contributed by atoms with Crippen molar-refractivity contribution < 1.29 is 14.7 Å². The molecule has 1 aliphatic heterocycles. The van der Waals surface area contributed by atoms with Gasteiger partial charge in [0, 0.05) is 18.2 Å². The maximum absolute atomic E-state index is 13.2. The van der Waals surface area contributed by atoms with E-state index in [1.165, 1.54) is 12.1 Å². The smallest absolute Gasteiger partial charge is 0.335 e. The van der Waals surface area contributed by atoms with Crippen LogP contribution in [0, 0.1) is 0 Å². The molecule has 6 nitrogen and oxygen atoms in total. The lowest BCUT2D eigenvalue weighted by molar-refractivity contribution is 0.0697. The van der Waals surface area contributed by atoms with Crippen LogP contribution in [-0.4, -0.2) is 38.0 Å². The average Bonchev–Trinajstić information content (AvgIpc) is 3.31. The molecule has 3 aromatic rings. The first-order valence-electron chi connectivity index (χ1n) is 9.58. The molecule has 1 aliphatic rings. The maximum atomic E-state index is 13.2. The quantitative estimate of drug-likeness (QED) is 0.736. The molecule has 1 N–H and O–H groups in total. The normalized spacial score (nSPS) is 16.8.